The van der Waals surface area contributed by atoms with Gasteiger partial charge in [0.2, 0.25) is 0 Å². The van der Waals surface area contributed by atoms with Crippen molar-refractivity contribution in [2.75, 3.05) is 6.61 Å². The second kappa shape index (κ2) is 5.41. The Labute approximate surface area is 113 Å². The molecular formula is C16H18N2O. The van der Waals surface area contributed by atoms with Crippen molar-refractivity contribution in [2.45, 2.75) is 26.1 Å². The van der Waals surface area contributed by atoms with Gasteiger partial charge in [-0.05, 0) is 24.6 Å². The van der Waals surface area contributed by atoms with Crippen LogP contribution in [0.2, 0.25) is 0 Å². The molecule has 98 valence electrons. The van der Waals surface area contributed by atoms with Gasteiger partial charge in [0.25, 0.3) is 0 Å². The van der Waals surface area contributed by atoms with E-state index in [0.717, 1.165) is 25.4 Å². The van der Waals surface area contributed by atoms with Crippen LogP contribution in [0.4, 0.5) is 0 Å². The largest absolute Gasteiger partial charge is 0.492 e. The Morgan fingerprint density at radius 1 is 1.26 bits per heavy atom. The highest BCUT2D eigenvalue weighted by Crippen LogP contribution is 2.25. The average molecular weight is 254 g/mol. The zero-order chi connectivity index (χ0) is 13.1. The summed E-state index contributed by atoms with van der Waals surface area (Å²) in [4.78, 5) is 6.62. The van der Waals surface area contributed by atoms with Crippen LogP contribution in [-0.2, 0) is 13.1 Å². The number of benzene rings is 1. The summed E-state index contributed by atoms with van der Waals surface area (Å²) in [6.45, 7) is 4.78. The Kier molecular flexibility index (Phi) is 3.47. The lowest BCUT2D eigenvalue weighted by Crippen LogP contribution is -2.34. The lowest BCUT2D eigenvalue weighted by Gasteiger charge is -2.25. The lowest BCUT2D eigenvalue weighted by atomic mass is 10.1. The van der Waals surface area contributed by atoms with Crippen molar-refractivity contribution in [3.63, 3.8) is 0 Å². The fraction of sp³-hybridized carbons (Fsp3) is 0.312. The number of ether oxygens (including phenoxy) is 1. The topological polar surface area (TPSA) is 25.4 Å². The lowest BCUT2D eigenvalue weighted by molar-refractivity contribution is 0.151. The first kappa shape index (κ1) is 12.2. The first-order chi connectivity index (χ1) is 9.33. The molecule has 3 heteroatoms. The molecule has 1 aromatic heterocycles. The van der Waals surface area contributed by atoms with E-state index in [1.807, 2.05) is 24.5 Å². The number of fused-ring (bicyclic) bond motifs is 1. The molecule has 1 aromatic carbocycles. The van der Waals surface area contributed by atoms with E-state index in [4.69, 9.17) is 4.74 Å². The van der Waals surface area contributed by atoms with Crippen LogP contribution in [0, 0.1) is 0 Å². The van der Waals surface area contributed by atoms with Gasteiger partial charge in [0.05, 0.1) is 0 Å². The van der Waals surface area contributed by atoms with Crippen LogP contribution in [0.3, 0.4) is 0 Å². The molecule has 0 unspecified atom stereocenters. The molecule has 2 aromatic rings. The van der Waals surface area contributed by atoms with E-state index in [0.29, 0.717) is 6.04 Å². The van der Waals surface area contributed by atoms with Crippen LogP contribution < -0.4 is 4.74 Å². The second-order valence-electron chi connectivity index (χ2n) is 5.03. The third-order valence-electron chi connectivity index (χ3n) is 3.56. The van der Waals surface area contributed by atoms with E-state index in [-0.39, 0.29) is 0 Å². The van der Waals surface area contributed by atoms with Crippen LogP contribution in [0.1, 0.15) is 18.1 Å². The molecule has 1 aliphatic heterocycles. The molecule has 0 fully saturated rings. The molecule has 0 radical (unpaired) electrons. The van der Waals surface area contributed by atoms with E-state index >= 15 is 0 Å². The minimum atomic E-state index is 0.396. The number of pyridine rings is 1. The van der Waals surface area contributed by atoms with Gasteiger partial charge >= 0.3 is 0 Å². The highest BCUT2D eigenvalue weighted by atomic mass is 16.5. The van der Waals surface area contributed by atoms with Gasteiger partial charge in [-0.15, -0.1) is 0 Å². The maximum atomic E-state index is 5.87. The third kappa shape index (κ3) is 2.76. The Balaban J connectivity index is 1.81. The molecule has 0 aliphatic carbocycles. The van der Waals surface area contributed by atoms with Crippen LogP contribution >= 0.6 is 0 Å². The maximum absolute atomic E-state index is 5.87. The number of hydrogen-bond donors (Lipinski definition) is 0. The van der Waals surface area contributed by atoms with Crippen molar-refractivity contribution < 1.29 is 4.74 Å². The SMILES string of the molecule is C[C@@H]1COc2ccccc2CN1Cc1cccnc1. The minimum Gasteiger partial charge on any atom is -0.492 e. The van der Waals surface area contributed by atoms with Crippen LogP contribution in [-0.4, -0.2) is 22.5 Å². The Morgan fingerprint density at radius 3 is 3.00 bits per heavy atom. The first-order valence-electron chi connectivity index (χ1n) is 6.66. The summed E-state index contributed by atoms with van der Waals surface area (Å²) in [5.41, 5.74) is 2.50. The molecule has 0 amide bonds. The molecular weight excluding hydrogens is 236 g/mol. The number of nitrogens with zero attached hydrogens (tertiary/aromatic N) is 2. The molecule has 0 saturated heterocycles. The predicted octanol–water partition coefficient (Wildman–Crippen LogP) is 2.86. The van der Waals surface area contributed by atoms with Crippen molar-refractivity contribution in [1.29, 1.82) is 0 Å². The van der Waals surface area contributed by atoms with Gasteiger partial charge in [-0.2, -0.15) is 0 Å². The number of hydrogen-bond acceptors (Lipinski definition) is 3. The third-order valence-corrected chi connectivity index (χ3v) is 3.56. The van der Waals surface area contributed by atoms with Gasteiger partial charge in [0, 0.05) is 37.1 Å². The summed E-state index contributed by atoms with van der Waals surface area (Å²) in [6.07, 6.45) is 3.75. The van der Waals surface area contributed by atoms with E-state index in [9.17, 15) is 0 Å². The van der Waals surface area contributed by atoms with Crippen LogP contribution in [0.15, 0.2) is 48.8 Å². The molecule has 0 N–H and O–H groups in total. The molecule has 2 heterocycles. The summed E-state index contributed by atoms with van der Waals surface area (Å²) < 4.78 is 5.87. The van der Waals surface area contributed by atoms with Gasteiger partial charge in [-0.3, -0.25) is 9.88 Å². The molecule has 3 rings (SSSR count). The van der Waals surface area contributed by atoms with E-state index in [1.54, 1.807) is 0 Å². The summed E-state index contributed by atoms with van der Waals surface area (Å²) in [5, 5.41) is 0. The summed E-state index contributed by atoms with van der Waals surface area (Å²) >= 11 is 0. The van der Waals surface area contributed by atoms with Crippen molar-refractivity contribution >= 4 is 0 Å². The molecule has 0 spiro atoms. The summed E-state index contributed by atoms with van der Waals surface area (Å²) in [6, 6.07) is 12.8. The van der Waals surface area contributed by atoms with Gasteiger partial charge in [0.1, 0.15) is 12.4 Å². The number of aromatic nitrogens is 1. The van der Waals surface area contributed by atoms with Crippen molar-refractivity contribution in [1.82, 2.24) is 9.88 Å². The van der Waals surface area contributed by atoms with Crippen molar-refractivity contribution in [2.24, 2.45) is 0 Å². The van der Waals surface area contributed by atoms with E-state index in [1.165, 1.54) is 11.1 Å². The van der Waals surface area contributed by atoms with Gasteiger partial charge < -0.3 is 4.74 Å². The summed E-state index contributed by atoms with van der Waals surface area (Å²) in [5.74, 6) is 1.02. The molecule has 0 bridgehead atoms. The zero-order valence-corrected chi connectivity index (χ0v) is 11.1. The number of rotatable bonds is 2. The monoisotopic (exact) mass is 254 g/mol. The first-order valence-corrected chi connectivity index (χ1v) is 6.66. The second-order valence-corrected chi connectivity index (χ2v) is 5.03. The normalized spacial score (nSPS) is 19.3. The predicted molar refractivity (Wildman–Crippen MR) is 74.9 cm³/mol. The standard InChI is InChI=1S/C16H18N2O/c1-13-12-19-16-7-3-2-6-15(16)11-18(13)10-14-5-4-8-17-9-14/h2-9,13H,10-12H2,1H3/t13-/m1/s1. The average Bonchev–Trinajstić information content (AvgIpc) is 2.61. The fourth-order valence-corrected chi connectivity index (χ4v) is 2.40. The number of para-hydroxylation sites is 1. The fourth-order valence-electron chi connectivity index (χ4n) is 2.40. The molecule has 1 atom stereocenters. The highest BCUT2D eigenvalue weighted by Gasteiger charge is 2.21. The van der Waals surface area contributed by atoms with Crippen molar-refractivity contribution in [3.8, 4) is 5.75 Å². The highest BCUT2D eigenvalue weighted by molar-refractivity contribution is 5.34. The quantitative estimate of drug-likeness (QED) is 0.824. The van der Waals surface area contributed by atoms with Gasteiger partial charge in [-0.25, -0.2) is 0 Å². The maximum Gasteiger partial charge on any atom is 0.123 e. The van der Waals surface area contributed by atoms with E-state index in [2.05, 4.69) is 41.1 Å². The van der Waals surface area contributed by atoms with Crippen LogP contribution in [0.25, 0.3) is 0 Å². The van der Waals surface area contributed by atoms with Crippen molar-refractivity contribution in [3.05, 3.63) is 59.9 Å². The van der Waals surface area contributed by atoms with Crippen LogP contribution in [0.5, 0.6) is 5.75 Å². The zero-order valence-electron chi connectivity index (χ0n) is 11.1. The van der Waals surface area contributed by atoms with Gasteiger partial charge in [0.15, 0.2) is 0 Å². The van der Waals surface area contributed by atoms with E-state index < -0.39 is 0 Å². The molecule has 3 nitrogen and oxygen atoms in total. The van der Waals surface area contributed by atoms with Gasteiger partial charge in [-0.1, -0.05) is 24.3 Å². The Bertz CT molecular complexity index is 541. The Hall–Kier alpha value is -1.87. The summed E-state index contributed by atoms with van der Waals surface area (Å²) in [7, 11) is 0. The Morgan fingerprint density at radius 2 is 2.16 bits per heavy atom. The molecule has 0 saturated carbocycles. The minimum absolute atomic E-state index is 0.396. The smallest absolute Gasteiger partial charge is 0.123 e. The molecule has 1 aliphatic rings. The molecule has 19 heavy (non-hydrogen) atoms.